The Bertz CT molecular complexity index is 412. The van der Waals surface area contributed by atoms with Gasteiger partial charge in [-0.1, -0.05) is 19.3 Å². The first-order valence-corrected chi connectivity index (χ1v) is 7.00. The van der Waals surface area contributed by atoms with E-state index >= 15 is 0 Å². The monoisotopic (exact) mass is 262 g/mol. The Kier molecular flexibility index (Phi) is 4.85. The lowest BCUT2D eigenvalue weighted by Crippen LogP contribution is -2.46. The number of nitrogens with one attached hydrogen (secondary N) is 1. The van der Waals surface area contributed by atoms with Crippen LogP contribution in [0.5, 0.6) is 0 Å². The van der Waals surface area contributed by atoms with E-state index in [1.54, 1.807) is 6.20 Å². The minimum Gasteiger partial charge on any atom is -0.346 e. The van der Waals surface area contributed by atoms with Gasteiger partial charge in [0, 0.05) is 18.8 Å². The SMILES string of the molecule is Cc1cnc(C(=O)NC(CN)C2CCCCC2)cn1. The first-order valence-electron chi connectivity index (χ1n) is 7.00. The van der Waals surface area contributed by atoms with Crippen LogP contribution < -0.4 is 11.1 Å². The summed E-state index contributed by atoms with van der Waals surface area (Å²) in [5.41, 5.74) is 6.97. The van der Waals surface area contributed by atoms with Crippen LogP contribution in [0.15, 0.2) is 12.4 Å². The average Bonchev–Trinajstić information content (AvgIpc) is 2.46. The van der Waals surface area contributed by atoms with Gasteiger partial charge >= 0.3 is 0 Å². The fraction of sp³-hybridized carbons (Fsp3) is 0.643. The molecule has 0 aromatic carbocycles. The molecule has 104 valence electrons. The van der Waals surface area contributed by atoms with Crippen molar-refractivity contribution >= 4 is 5.91 Å². The van der Waals surface area contributed by atoms with Crippen molar-refractivity contribution in [3.05, 3.63) is 23.8 Å². The maximum atomic E-state index is 12.1. The van der Waals surface area contributed by atoms with Gasteiger partial charge in [0.25, 0.3) is 5.91 Å². The van der Waals surface area contributed by atoms with Gasteiger partial charge in [0.05, 0.1) is 11.9 Å². The van der Waals surface area contributed by atoms with Gasteiger partial charge in [-0.25, -0.2) is 4.98 Å². The van der Waals surface area contributed by atoms with Gasteiger partial charge in [0.1, 0.15) is 5.69 Å². The Morgan fingerprint density at radius 1 is 1.37 bits per heavy atom. The van der Waals surface area contributed by atoms with Crippen LogP contribution in [0.25, 0.3) is 0 Å². The zero-order valence-corrected chi connectivity index (χ0v) is 11.4. The quantitative estimate of drug-likeness (QED) is 0.860. The number of aryl methyl sites for hydroxylation is 1. The molecule has 1 atom stereocenters. The normalized spacial score (nSPS) is 18.0. The molecule has 0 saturated heterocycles. The number of rotatable bonds is 4. The van der Waals surface area contributed by atoms with Crippen molar-refractivity contribution in [2.45, 2.75) is 45.1 Å². The first kappa shape index (κ1) is 13.9. The molecule has 1 aliphatic carbocycles. The standard InChI is InChI=1S/C14H22N4O/c1-10-8-17-13(9-16-10)14(19)18-12(7-15)11-5-3-2-4-6-11/h8-9,11-12H,2-7,15H2,1H3,(H,18,19). The van der Waals surface area contributed by atoms with Crippen LogP contribution in [0.2, 0.25) is 0 Å². The zero-order chi connectivity index (χ0) is 13.7. The molecule has 0 radical (unpaired) electrons. The molecule has 1 fully saturated rings. The number of hydrogen-bond acceptors (Lipinski definition) is 4. The number of nitrogens with two attached hydrogens (primary N) is 1. The minimum atomic E-state index is -0.173. The molecule has 19 heavy (non-hydrogen) atoms. The Labute approximate surface area is 114 Å². The molecular formula is C14H22N4O. The summed E-state index contributed by atoms with van der Waals surface area (Å²) in [6.45, 7) is 2.33. The highest BCUT2D eigenvalue weighted by Gasteiger charge is 2.24. The largest absolute Gasteiger partial charge is 0.346 e. The topological polar surface area (TPSA) is 80.9 Å². The van der Waals surface area contributed by atoms with Gasteiger partial charge in [0.15, 0.2) is 0 Å². The van der Waals surface area contributed by atoms with Gasteiger partial charge in [-0.15, -0.1) is 0 Å². The van der Waals surface area contributed by atoms with Crippen LogP contribution in [-0.2, 0) is 0 Å². The molecule has 5 heteroatoms. The van der Waals surface area contributed by atoms with Gasteiger partial charge in [-0.2, -0.15) is 0 Å². The summed E-state index contributed by atoms with van der Waals surface area (Å²) in [4.78, 5) is 20.3. The third-order valence-electron chi connectivity index (χ3n) is 3.80. The Balaban J connectivity index is 1.97. The van der Waals surface area contributed by atoms with E-state index in [1.165, 1.54) is 25.5 Å². The number of carbonyl (C=O) groups is 1. The highest BCUT2D eigenvalue weighted by Crippen LogP contribution is 2.26. The lowest BCUT2D eigenvalue weighted by atomic mass is 9.84. The van der Waals surface area contributed by atoms with E-state index in [9.17, 15) is 4.79 Å². The lowest BCUT2D eigenvalue weighted by molar-refractivity contribution is 0.0910. The number of carbonyl (C=O) groups excluding carboxylic acids is 1. The Hall–Kier alpha value is -1.49. The third-order valence-corrected chi connectivity index (χ3v) is 3.80. The van der Waals surface area contributed by atoms with E-state index in [2.05, 4.69) is 15.3 Å². The molecule has 0 aliphatic heterocycles. The predicted molar refractivity (Wildman–Crippen MR) is 73.7 cm³/mol. The molecule has 1 unspecified atom stereocenters. The summed E-state index contributed by atoms with van der Waals surface area (Å²) in [6, 6.07) is 0.0518. The van der Waals surface area contributed by atoms with Crippen LogP contribution in [0, 0.1) is 12.8 Å². The second kappa shape index (κ2) is 6.61. The molecule has 5 nitrogen and oxygen atoms in total. The highest BCUT2D eigenvalue weighted by molar-refractivity contribution is 5.92. The van der Waals surface area contributed by atoms with Crippen molar-refractivity contribution in [1.29, 1.82) is 0 Å². The summed E-state index contributed by atoms with van der Waals surface area (Å²) in [5.74, 6) is 0.328. The highest BCUT2D eigenvalue weighted by atomic mass is 16.1. The second-order valence-corrected chi connectivity index (χ2v) is 5.26. The minimum absolute atomic E-state index is 0.0518. The fourth-order valence-corrected chi connectivity index (χ4v) is 2.66. The molecule has 2 rings (SSSR count). The molecular weight excluding hydrogens is 240 g/mol. The Morgan fingerprint density at radius 3 is 2.68 bits per heavy atom. The number of aromatic nitrogens is 2. The van der Waals surface area contributed by atoms with Crippen molar-refractivity contribution in [2.24, 2.45) is 11.7 Å². The van der Waals surface area contributed by atoms with Gasteiger partial charge < -0.3 is 11.1 Å². The second-order valence-electron chi connectivity index (χ2n) is 5.26. The number of amides is 1. The summed E-state index contributed by atoms with van der Waals surface area (Å²) in [7, 11) is 0. The van der Waals surface area contributed by atoms with E-state index < -0.39 is 0 Å². The zero-order valence-electron chi connectivity index (χ0n) is 11.4. The molecule has 1 aromatic heterocycles. The summed E-state index contributed by atoms with van der Waals surface area (Å²) < 4.78 is 0. The molecule has 0 bridgehead atoms. The maximum absolute atomic E-state index is 12.1. The Morgan fingerprint density at radius 2 is 2.11 bits per heavy atom. The number of hydrogen-bond donors (Lipinski definition) is 2. The molecule has 1 aliphatic rings. The van der Waals surface area contributed by atoms with Crippen LogP contribution in [0.4, 0.5) is 0 Å². The molecule has 1 saturated carbocycles. The molecule has 1 heterocycles. The van der Waals surface area contributed by atoms with Gasteiger partial charge in [0.2, 0.25) is 0 Å². The van der Waals surface area contributed by atoms with E-state index in [-0.39, 0.29) is 11.9 Å². The predicted octanol–water partition coefficient (Wildman–Crippen LogP) is 1.42. The van der Waals surface area contributed by atoms with E-state index in [0.717, 1.165) is 18.5 Å². The van der Waals surface area contributed by atoms with Crippen molar-refractivity contribution in [1.82, 2.24) is 15.3 Å². The number of nitrogens with zero attached hydrogens (tertiary/aromatic N) is 2. The molecule has 0 spiro atoms. The summed E-state index contributed by atoms with van der Waals surface area (Å²) in [6.07, 6.45) is 9.20. The van der Waals surface area contributed by atoms with Crippen LogP contribution in [-0.4, -0.2) is 28.5 Å². The van der Waals surface area contributed by atoms with E-state index in [1.807, 2.05) is 6.92 Å². The van der Waals surface area contributed by atoms with E-state index in [4.69, 9.17) is 5.73 Å². The third kappa shape index (κ3) is 3.73. The van der Waals surface area contributed by atoms with Crippen LogP contribution in [0.1, 0.15) is 48.3 Å². The summed E-state index contributed by atoms with van der Waals surface area (Å²) >= 11 is 0. The van der Waals surface area contributed by atoms with E-state index in [0.29, 0.717) is 18.2 Å². The van der Waals surface area contributed by atoms with Crippen molar-refractivity contribution in [3.8, 4) is 0 Å². The van der Waals surface area contributed by atoms with Crippen molar-refractivity contribution in [2.75, 3.05) is 6.54 Å². The lowest BCUT2D eigenvalue weighted by Gasteiger charge is -2.29. The maximum Gasteiger partial charge on any atom is 0.271 e. The van der Waals surface area contributed by atoms with Gasteiger partial charge in [-0.05, 0) is 25.7 Å². The van der Waals surface area contributed by atoms with Crippen molar-refractivity contribution in [3.63, 3.8) is 0 Å². The van der Waals surface area contributed by atoms with Crippen LogP contribution in [0.3, 0.4) is 0 Å². The van der Waals surface area contributed by atoms with Crippen LogP contribution >= 0.6 is 0 Å². The average molecular weight is 262 g/mol. The molecule has 1 aromatic rings. The smallest absolute Gasteiger partial charge is 0.271 e. The summed E-state index contributed by atoms with van der Waals surface area (Å²) in [5, 5.41) is 3.01. The van der Waals surface area contributed by atoms with Gasteiger partial charge in [-0.3, -0.25) is 9.78 Å². The molecule has 3 N–H and O–H groups in total. The fourth-order valence-electron chi connectivity index (χ4n) is 2.66. The first-order chi connectivity index (χ1) is 9.20. The van der Waals surface area contributed by atoms with Crippen molar-refractivity contribution < 1.29 is 4.79 Å². The molecule has 1 amide bonds.